The lowest BCUT2D eigenvalue weighted by molar-refractivity contribution is 0.0656. The number of thioether (sulfide) groups is 1. The predicted octanol–water partition coefficient (Wildman–Crippen LogP) is 3.04. The number of carboxylic acids is 1. The number of hydrogen-bond acceptors (Lipinski definition) is 3. The number of rotatable bonds is 5. The summed E-state index contributed by atoms with van der Waals surface area (Å²) in [5.41, 5.74) is 1.11. The van der Waals surface area contributed by atoms with Crippen molar-refractivity contribution in [3.05, 3.63) is 30.0 Å². The topological polar surface area (TPSA) is 50.4 Å². The zero-order chi connectivity index (χ0) is 10.6. The van der Waals surface area contributed by atoms with Gasteiger partial charge in [-0.25, -0.2) is 4.79 Å². The molecule has 1 N–H and O–H groups in total. The highest BCUT2D eigenvalue weighted by atomic mass is 32.2. The molecule has 1 aromatic heterocycles. The van der Waals surface area contributed by atoms with Gasteiger partial charge in [-0.15, -0.1) is 0 Å². The number of furan rings is 1. The lowest BCUT2D eigenvalue weighted by Crippen LogP contribution is -1.91. The fourth-order valence-corrected chi connectivity index (χ4v) is 1.65. The van der Waals surface area contributed by atoms with Crippen molar-refractivity contribution in [3.8, 4) is 0 Å². The van der Waals surface area contributed by atoms with Crippen LogP contribution in [0.1, 0.15) is 23.9 Å². The van der Waals surface area contributed by atoms with Gasteiger partial charge in [0, 0.05) is 5.75 Å². The summed E-state index contributed by atoms with van der Waals surface area (Å²) in [7, 11) is 0. The van der Waals surface area contributed by atoms with Crippen LogP contribution in [0.25, 0.3) is 0 Å². The molecule has 1 heterocycles. The van der Waals surface area contributed by atoms with Gasteiger partial charge in [0.15, 0.2) is 5.09 Å². The molecule has 0 spiro atoms. The molecule has 1 aromatic rings. The summed E-state index contributed by atoms with van der Waals surface area (Å²) in [5, 5.41) is 9.22. The Balaban J connectivity index is 2.52. The van der Waals surface area contributed by atoms with Gasteiger partial charge in [0.25, 0.3) is 0 Å². The Kier molecular flexibility index (Phi) is 3.83. The molecule has 0 aliphatic rings. The van der Waals surface area contributed by atoms with E-state index >= 15 is 0 Å². The van der Waals surface area contributed by atoms with Gasteiger partial charge in [0.05, 0.1) is 0 Å². The highest BCUT2D eigenvalue weighted by Gasteiger charge is 2.08. The summed E-state index contributed by atoms with van der Waals surface area (Å²) in [6, 6.07) is 3.12. The van der Waals surface area contributed by atoms with Gasteiger partial charge in [0.1, 0.15) is 0 Å². The lowest BCUT2D eigenvalue weighted by atomic mass is 10.3. The first-order valence-corrected chi connectivity index (χ1v) is 5.24. The molecule has 76 valence electrons. The monoisotopic (exact) mass is 212 g/mol. The molecule has 0 unspecified atom stereocenters. The lowest BCUT2D eigenvalue weighted by Gasteiger charge is -1.98. The zero-order valence-corrected chi connectivity index (χ0v) is 8.76. The summed E-state index contributed by atoms with van der Waals surface area (Å²) in [6.07, 6.45) is 0.930. The Labute approximate surface area is 86.8 Å². The molecular formula is C10H12O3S. The first kappa shape index (κ1) is 10.9. The minimum atomic E-state index is -1.04. The van der Waals surface area contributed by atoms with E-state index in [0.29, 0.717) is 5.09 Å². The fraction of sp³-hybridized carbons (Fsp3) is 0.300. The van der Waals surface area contributed by atoms with E-state index in [9.17, 15) is 4.79 Å². The molecule has 0 aliphatic carbocycles. The molecule has 4 heteroatoms. The third kappa shape index (κ3) is 2.96. The van der Waals surface area contributed by atoms with E-state index in [2.05, 4.69) is 6.58 Å². The molecular weight excluding hydrogens is 200 g/mol. The van der Waals surface area contributed by atoms with Gasteiger partial charge in [-0.05, 0) is 18.6 Å². The highest BCUT2D eigenvalue weighted by molar-refractivity contribution is 7.99. The van der Waals surface area contributed by atoms with E-state index in [0.717, 1.165) is 17.7 Å². The Morgan fingerprint density at radius 3 is 2.86 bits per heavy atom. The molecule has 0 bridgehead atoms. The van der Waals surface area contributed by atoms with Crippen molar-refractivity contribution in [3.63, 3.8) is 0 Å². The van der Waals surface area contributed by atoms with Gasteiger partial charge >= 0.3 is 5.97 Å². The molecule has 3 nitrogen and oxygen atoms in total. The van der Waals surface area contributed by atoms with Crippen molar-refractivity contribution >= 4 is 17.7 Å². The summed E-state index contributed by atoms with van der Waals surface area (Å²) < 4.78 is 5.06. The summed E-state index contributed by atoms with van der Waals surface area (Å²) >= 11 is 1.46. The van der Waals surface area contributed by atoms with Crippen LogP contribution in [-0.4, -0.2) is 16.8 Å². The van der Waals surface area contributed by atoms with Crippen molar-refractivity contribution in [2.75, 3.05) is 5.75 Å². The first-order chi connectivity index (χ1) is 6.63. The standard InChI is InChI=1S/C10H12O3S/c1-3-7(2)6-14-9-5-4-8(13-9)10(11)12/h4-5H,2-3,6H2,1H3,(H,11,12). The summed E-state index contributed by atoms with van der Waals surface area (Å²) in [4.78, 5) is 10.5. The molecule has 0 radical (unpaired) electrons. The molecule has 14 heavy (non-hydrogen) atoms. The maximum atomic E-state index is 10.5. The van der Waals surface area contributed by atoms with Crippen LogP contribution in [0.5, 0.6) is 0 Å². The summed E-state index contributed by atoms with van der Waals surface area (Å²) in [6.45, 7) is 5.89. The normalized spacial score (nSPS) is 10.1. The third-order valence-electron chi connectivity index (χ3n) is 1.71. The van der Waals surface area contributed by atoms with Crippen LogP contribution in [-0.2, 0) is 0 Å². The smallest absolute Gasteiger partial charge is 0.371 e. The Hall–Kier alpha value is -1.16. The average molecular weight is 212 g/mol. The predicted molar refractivity (Wildman–Crippen MR) is 55.8 cm³/mol. The summed E-state index contributed by atoms with van der Waals surface area (Å²) in [5.74, 6) is -0.288. The van der Waals surface area contributed by atoms with Crippen LogP contribution >= 0.6 is 11.8 Å². The van der Waals surface area contributed by atoms with Crippen molar-refractivity contribution in [1.82, 2.24) is 0 Å². The second-order valence-electron chi connectivity index (χ2n) is 2.82. The maximum Gasteiger partial charge on any atom is 0.371 e. The van der Waals surface area contributed by atoms with Gasteiger partial charge in [-0.1, -0.05) is 30.8 Å². The van der Waals surface area contributed by atoms with Crippen LogP contribution in [0.4, 0.5) is 0 Å². The van der Waals surface area contributed by atoms with E-state index in [4.69, 9.17) is 9.52 Å². The van der Waals surface area contributed by atoms with Gasteiger partial charge < -0.3 is 9.52 Å². The second kappa shape index (κ2) is 4.91. The maximum absolute atomic E-state index is 10.5. The van der Waals surface area contributed by atoms with Gasteiger partial charge in [0.2, 0.25) is 5.76 Å². The molecule has 0 atom stereocenters. The Morgan fingerprint density at radius 1 is 1.64 bits per heavy atom. The van der Waals surface area contributed by atoms with Crippen LogP contribution in [0.3, 0.4) is 0 Å². The van der Waals surface area contributed by atoms with Gasteiger partial charge in [-0.2, -0.15) is 0 Å². The minimum absolute atomic E-state index is 0.0189. The fourth-order valence-electron chi connectivity index (χ4n) is 0.788. The number of carbonyl (C=O) groups is 1. The Bertz CT molecular complexity index is 341. The molecule has 0 aliphatic heterocycles. The number of carboxylic acid groups (broad SMARTS) is 1. The number of aromatic carboxylic acids is 1. The third-order valence-corrected chi connectivity index (χ3v) is 2.77. The molecule has 0 fully saturated rings. The van der Waals surface area contributed by atoms with Crippen LogP contribution in [0.2, 0.25) is 0 Å². The number of hydrogen-bond donors (Lipinski definition) is 1. The first-order valence-electron chi connectivity index (χ1n) is 4.26. The van der Waals surface area contributed by atoms with Crippen molar-refractivity contribution in [2.24, 2.45) is 0 Å². The van der Waals surface area contributed by atoms with Crippen LogP contribution in [0.15, 0.2) is 33.8 Å². The molecule has 0 amide bonds. The van der Waals surface area contributed by atoms with E-state index in [-0.39, 0.29) is 5.76 Å². The van der Waals surface area contributed by atoms with E-state index in [1.165, 1.54) is 17.8 Å². The van der Waals surface area contributed by atoms with Gasteiger partial charge in [-0.3, -0.25) is 0 Å². The molecule has 0 aromatic carbocycles. The molecule has 0 saturated heterocycles. The zero-order valence-electron chi connectivity index (χ0n) is 7.95. The van der Waals surface area contributed by atoms with E-state index in [1.807, 2.05) is 6.92 Å². The molecule has 0 saturated carbocycles. The van der Waals surface area contributed by atoms with Crippen molar-refractivity contribution < 1.29 is 14.3 Å². The largest absolute Gasteiger partial charge is 0.475 e. The highest BCUT2D eigenvalue weighted by Crippen LogP contribution is 2.23. The SMILES string of the molecule is C=C(CC)CSc1ccc(C(=O)O)o1. The Morgan fingerprint density at radius 2 is 2.36 bits per heavy atom. The average Bonchev–Trinajstić information content (AvgIpc) is 2.62. The van der Waals surface area contributed by atoms with E-state index in [1.54, 1.807) is 6.07 Å². The van der Waals surface area contributed by atoms with E-state index < -0.39 is 5.97 Å². The van der Waals surface area contributed by atoms with Crippen LogP contribution < -0.4 is 0 Å². The van der Waals surface area contributed by atoms with Crippen LogP contribution in [0, 0.1) is 0 Å². The quantitative estimate of drug-likeness (QED) is 0.602. The van der Waals surface area contributed by atoms with Crippen molar-refractivity contribution in [1.29, 1.82) is 0 Å². The second-order valence-corrected chi connectivity index (χ2v) is 3.80. The van der Waals surface area contributed by atoms with Crippen molar-refractivity contribution in [2.45, 2.75) is 18.4 Å². The molecule has 1 rings (SSSR count). The minimum Gasteiger partial charge on any atom is -0.475 e.